The highest BCUT2D eigenvalue weighted by Gasteiger charge is 2.20. The van der Waals surface area contributed by atoms with Crippen molar-refractivity contribution in [1.82, 2.24) is 4.90 Å². The molecular weight excluding hydrogens is 313 g/mol. The molecule has 0 atom stereocenters. The van der Waals surface area contributed by atoms with Gasteiger partial charge < -0.3 is 9.64 Å². The Labute approximate surface area is 120 Å². The molecule has 0 aromatic heterocycles. The topological polar surface area (TPSA) is 29.5 Å². The Morgan fingerprint density at radius 1 is 1.53 bits per heavy atom. The molecule has 0 radical (unpaired) electrons. The van der Waals surface area contributed by atoms with Crippen LogP contribution in [0, 0.1) is 5.82 Å². The van der Waals surface area contributed by atoms with Crippen molar-refractivity contribution in [3.63, 3.8) is 0 Å². The van der Waals surface area contributed by atoms with Crippen LogP contribution in [-0.2, 0) is 4.74 Å². The number of amides is 1. The lowest BCUT2D eigenvalue weighted by Crippen LogP contribution is -2.35. The lowest BCUT2D eigenvalue weighted by Gasteiger charge is -2.26. The fourth-order valence-corrected chi connectivity index (χ4v) is 2.57. The van der Waals surface area contributed by atoms with Gasteiger partial charge >= 0.3 is 0 Å². The fourth-order valence-electron chi connectivity index (χ4n) is 2.05. The van der Waals surface area contributed by atoms with E-state index in [0.29, 0.717) is 29.7 Å². The molecule has 1 aromatic carbocycles. The van der Waals surface area contributed by atoms with E-state index in [1.54, 1.807) is 12.0 Å². The molecule has 0 fully saturated rings. The Balaban J connectivity index is 2.09. The second kappa shape index (κ2) is 6.30. The van der Waals surface area contributed by atoms with Gasteiger partial charge in [-0.2, -0.15) is 0 Å². The van der Waals surface area contributed by atoms with Gasteiger partial charge in [0.05, 0.1) is 12.2 Å². The summed E-state index contributed by atoms with van der Waals surface area (Å²) in [6.45, 7) is 1.85. The minimum absolute atomic E-state index is 0.0837. The molecule has 0 saturated heterocycles. The predicted molar refractivity (Wildman–Crippen MR) is 74.6 cm³/mol. The fraction of sp³-hybridized carbons (Fsp3) is 0.357. The van der Waals surface area contributed by atoms with Crippen LogP contribution >= 0.6 is 15.9 Å². The van der Waals surface area contributed by atoms with E-state index in [9.17, 15) is 9.18 Å². The van der Waals surface area contributed by atoms with Crippen molar-refractivity contribution in [3.05, 3.63) is 45.7 Å². The van der Waals surface area contributed by atoms with E-state index in [0.717, 1.165) is 6.42 Å². The van der Waals surface area contributed by atoms with Crippen LogP contribution in [0.25, 0.3) is 0 Å². The molecule has 3 nitrogen and oxygen atoms in total. The molecule has 5 heteroatoms. The molecule has 0 unspecified atom stereocenters. The number of rotatable bonds is 3. The smallest absolute Gasteiger partial charge is 0.255 e. The third kappa shape index (κ3) is 3.42. The number of benzene rings is 1. The van der Waals surface area contributed by atoms with Crippen LogP contribution in [0.4, 0.5) is 4.39 Å². The Bertz CT molecular complexity index is 516. The molecule has 2 rings (SSSR count). The van der Waals surface area contributed by atoms with E-state index in [-0.39, 0.29) is 11.7 Å². The normalized spacial score (nSPS) is 15.3. The van der Waals surface area contributed by atoms with Crippen molar-refractivity contribution in [1.29, 1.82) is 0 Å². The molecule has 0 N–H and O–H groups in total. The Hall–Kier alpha value is -1.20. The summed E-state index contributed by atoms with van der Waals surface area (Å²) in [5.74, 6) is -0.441. The van der Waals surface area contributed by atoms with Gasteiger partial charge in [-0.3, -0.25) is 4.79 Å². The van der Waals surface area contributed by atoms with Crippen LogP contribution in [-0.4, -0.2) is 37.6 Å². The van der Waals surface area contributed by atoms with Crippen molar-refractivity contribution >= 4 is 21.8 Å². The van der Waals surface area contributed by atoms with Crippen LogP contribution in [0.3, 0.4) is 0 Å². The highest BCUT2D eigenvalue weighted by molar-refractivity contribution is 9.10. The van der Waals surface area contributed by atoms with E-state index >= 15 is 0 Å². The average Bonchev–Trinajstić information content (AvgIpc) is 2.39. The quantitative estimate of drug-likeness (QED) is 0.799. The van der Waals surface area contributed by atoms with Crippen molar-refractivity contribution in [2.75, 3.05) is 26.8 Å². The molecule has 1 aliphatic heterocycles. The van der Waals surface area contributed by atoms with Gasteiger partial charge in [0.2, 0.25) is 0 Å². The first kappa shape index (κ1) is 14.2. The van der Waals surface area contributed by atoms with Gasteiger partial charge in [-0.15, -0.1) is 0 Å². The molecule has 102 valence electrons. The first-order valence-corrected chi connectivity index (χ1v) is 6.82. The van der Waals surface area contributed by atoms with Crippen molar-refractivity contribution in [3.8, 4) is 0 Å². The maximum Gasteiger partial charge on any atom is 0.255 e. The molecule has 1 amide bonds. The van der Waals surface area contributed by atoms with Crippen LogP contribution in [0.1, 0.15) is 16.8 Å². The molecule has 0 bridgehead atoms. The predicted octanol–water partition coefficient (Wildman–Crippen LogP) is 3.01. The number of carbonyl (C=O) groups excluding carboxylic acids is 1. The Morgan fingerprint density at radius 3 is 2.89 bits per heavy atom. The lowest BCUT2D eigenvalue weighted by atomic mass is 10.1. The number of hydrogen-bond acceptors (Lipinski definition) is 2. The second-order valence-corrected chi connectivity index (χ2v) is 5.28. The zero-order valence-electron chi connectivity index (χ0n) is 10.7. The first-order chi connectivity index (χ1) is 9.11. The summed E-state index contributed by atoms with van der Waals surface area (Å²) in [5.41, 5.74) is 1.70. The van der Waals surface area contributed by atoms with Gasteiger partial charge in [-0.25, -0.2) is 4.39 Å². The SMILES string of the molecule is COCC1=CCN(C(=O)c2ccc(F)cc2Br)CC1. The molecule has 0 saturated carbocycles. The van der Waals surface area contributed by atoms with E-state index in [1.165, 1.54) is 23.8 Å². The van der Waals surface area contributed by atoms with E-state index in [4.69, 9.17) is 4.74 Å². The van der Waals surface area contributed by atoms with Crippen LogP contribution in [0.2, 0.25) is 0 Å². The number of ether oxygens (including phenoxy) is 1. The molecule has 0 spiro atoms. The second-order valence-electron chi connectivity index (χ2n) is 4.42. The van der Waals surface area contributed by atoms with E-state index < -0.39 is 0 Å². The number of halogens is 2. The van der Waals surface area contributed by atoms with Crippen molar-refractivity contribution in [2.24, 2.45) is 0 Å². The summed E-state index contributed by atoms with van der Waals surface area (Å²) >= 11 is 3.23. The standard InChI is InChI=1S/C14H15BrFNO2/c1-19-9-10-4-6-17(7-5-10)14(18)12-3-2-11(16)8-13(12)15/h2-4,8H,5-7,9H2,1H3. The number of methoxy groups -OCH3 is 1. The minimum Gasteiger partial charge on any atom is -0.380 e. The van der Waals surface area contributed by atoms with Crippen LogP contribution in [0.5, 0.6) is 0 Å². The Kier molecular flexibility index (Phi) is 4.71. The number of nitrogens with zero attached hydrogens (tertiary/aromatic N) is 1. The van der Waals surface area contributed by atoms with Crippen LogP contribution < -0.4 is 0 Å². The van der Waals surface area contributed by atoms with Gasteiger partial charge in [0.15, 0.2) is 0 Å². The number of carbonyl (C=O) groups is 1. The zero-order valence-corrected chi connectivity index (χ0v) is 12.2. The summed E-state index contributed by atoms with van der Waals surface area (Å²) in [4.78, 5) is 14.1. The largest absolute Gasteiger partial charge is 0.380 e. The lowest BCUT2D eigenvalue weighted by molar-refractivity contribution is 0.0764. The summed E-state index contributed by atoms with van der Waals surface area (Å²) in [6.07, 6.45) is 2.83. The first-order valence-electron chi connectivity index (χ1n) is 6.03. The monoisotopic (exact) mass is 327 g/mol. The van der Waals surface area contributed by atoms with Gasteiger partial charge in [0, 0.05) is 24.7 Å². The molecule has 1 heterocycles. The number of hydrogen-bond donors (Lipinski definition) is 0. The minimum atomic E-state index is -0.357. The molecule has 0 aliphatic carbocycles. The molecule has 1 aliphatic rings. The zero-order chi connectivity index (χ0) is 13.8. The molecular formula is C14H15BrFNO2. The maximum atomic E-state index is 13.0. The summed E-state index contributed by atoms with van der Waals surface area (Å²) in [7, 11) is 1.66. The van der Waals surface area contributed by atoms with Gasteiger partial charge in [0.1, 0.15) is 5.82 Å². The van der Waals surface area contributed by atoms with Crippen molar-refractivity contribution < 1.29 is 13.9 Å². The van der Waals surface area contributed by atoms with E-state index in [1.807, 2.05) is 6.08 Å². The molecule has 1 aromatic rings. The maximum absolute atomic E-state index is 13.0. The summed E-state index contributed by atoms with van der Waals surface area (Å²) in [6, 6.07) is 4.12. The summed E-state index contributed by atoms with van der Waals surface area (Å²) < 4.78 is 18.6. The molecule has 19 heavy (non-hydrogen) atoms. The average molecular weight is 328 g/mol. The van der Waals surface area contributed by atoms with Gasteiger partial charge in [-0.1, -0.05) is 6.08 Å². The third-order valence-electron chi connectivity index (χ3n) is 3.08. The van der Waals surface area contributed by atoms with Crippen LogP contribution in [0.15, 0.2) is 34.3 Å². The van der Waals surface area contributed by atoms with E-state index in [2.05, 4.69) is 15.9 Å². The highest BCUT2D eigenvalue weighted by atomic mass is 79.9. The third-order valence-corrected chi connectivity index (χ3v) is 3.74. The van der Waals surface area contributed by atoms with Gasteiger partial charge in [0.25, 0.3) is 5.91 Å². The highest BCUT2D eigenvalue weighted by Crippen LogP contribution is 2.21. The Morgan fingerprint density at radius 2 is 2.32 bits per heavy atom. The van der Waals surface area contributed by atoms with Crippen molar-refractivity contribution in [2.45, 2.75) is 6.42 Å². The van der Waals surface area contributed by atoms with Gasteiger partial charge in [-0.05, 0) is 46.1 Å². The summed E-state index contributed by atoms with van der Waals surface area (Å²) in [5, 5.41) is 0.